The molecule has 0 bridgehead atoms. The minimum atomic E-state index is -0.0428. The lowest BCUT2D eigenvalue weighted by atomic mass is 9.83. The number of nitrogens with zero attached hydrogens (tertiary/aromatic N) is 1. The standard InChI is InChI=1S/C19H24N2O2/c1-19(2,3)14-11-15(13-9-7-6-8-10-13)17(23-5)16(12-14)18(20-4)21-22/h6-12,22H,1-5H3,(H,20,21). The smallest absolute Gasteiger partial charge is 0.155 e. The van der Waals surface area contributed by atoms with Crippen molar-refractivity contribution in [3.05, 3.63) is 53.6 Å². The maximum atomic E-state index is 9.42. The number of aliphatic imine (C=N–C) groups is 1. The number of nitrogens with one attached hydrogen (secondary N) is 1. The number of rotatable bonds is 3. The van der Waals surface area contributed by atoms with E-state index in [1.807, 2.05) is 36.4 Å². The Bertz CT molecular complexity index is 701. The molecule has 0 aliphatic carbocycles. The largest absolute Gasteiger partial charge is 0.495 e. The Labute approximate surface area is 137 Å². The molecule has 0 unspecified atom stereocenters. The van der Waals surface area contributed by atoms with Crippen LogP contribution < -0.4 is 10.2 Å². The quantitative estimate of drug-likeness (QED) is 0.511. The maximum Gasteiger partial charge on any atom is 0.155 e. The lowest BCUT2D eigenvalue weighted by Gasteiger charge is -2.24. The van der Waals surface area contributed by atoms with Crippen molar-refractivity contribution in [2.45, 2.75) is 26.2 Å². The zero-order chi connectivity index (χ0) is 17.0. The summed E-state index contributed by atoms with van der Waals surface area (Å²) in [6, 6.07) is 14.2. The number of hydroxylamine groups is 1. The van der Waals surface area contributed by atoms with Gasteiger partial charge in [0.25, 0.3) is 0 Å². The van der Waals surface area contributed by atoms with Gasteiger partial charge in [-0.1, -0.05) is 51.1 Å². The van der Waals surface area contributed by atoms with Gasteiger partial charge in [-0.25, -0.2) is 0 Å². The first kappa shape index (κ1) is 17.0. The Hall–Kier alpha value is -2.33. The molecule has 0 aliphatic heterocycles. The van der Waals surface area contributed by atoms with Crippen LogP contribution in [-0.4, -0.2) is 25.2 Å². The van der Waals surface area contributed by atoms with Crippen molar-refractivity contribution >= 4 is 5.84 Å². The highest BCUT2D eigenvalue weighted by Crippen LogP contribution is 2.38. The van der Waals surface area contributed by atoms with Crippen LogP contribution in [0.15, 0.2) is 47.5 Å². The average Bonchev–Trinajstić information content (AvgIpc) is 2.55. The highest BCUT2D eigenvalue weighted by Gasteiger charge is 2.22. The minimum Gasteiger partial charge on any atom is -0.495 e. The molecule has 0 saturated heterocycles. The molecule has 0 amide bonds. The van der Waals surface area contributed by atoms with Crippen LogP contribution in [0.25, 0.3) is 11.1 Å². The SMILES string of the molecule is CN=C(NO)c1cc(C(C)(C)C)cc(-c2ccccc2)c1OC. The molecule has 0 saturated carbocycles. The summed E-state index contributed by atoms with van der Waals surface area (Å²) in [5.41, 5.74) is 6.05. The summed E-state index contributed by atoms with van der Waals surface area (Å²) in [4.78, 5) is 4.12. The predicted molar refractivity (Wildman–Crippen MR) is 94.5 cm³/mol. The number of hydrogen-bond acceptors (Lipinski definition) is 3. The summed E-state index contributed by atoms with van der Waals surface area (Å²) in [5, 5.41) is 9.42. The van der Waals surface area contributed by atoms with Gasteiger partial charge in [0.05, 0.1) is 12.7 Å². The molecular formula is C19H24N2O2. The van der Waals surface area contributed by atoms with Crippen molar-refractivity contribution in [2.75, 3.05) is 14.2 Å². The van der Waals surface area contributed by atoms with E-state index in [0.717, 1.165) is 22.3 Å². The molecule has 0 fully saturated rings. The van der Waals surface area contributed by atoms with Gasteiger partial charge < -0.3 is 4.74 Å². The van der Waals surface area contributed by atoms with Crippen molar-refractivity contribution in [1.29, 1.82) is 0 Å². The van der Waals surface area contributed by atoms with E-state index in [-0.39, 0.29) is 5.41 Å². The number of methoxy groups -OCH3 is 1. The molecule has 2 aromatic rings. The molecule has 0 radical (unpaired) electrons. The zero-order valence-corrected chi connectivity index (χ0v) is 14.3. The highest BCUT2D eigenvalue weighted by atomic mass is 16.5. The van der Waals surface area contributed by atoms with Gasteiger partial charge in [0.2, 0.25) is 0 Å². The molecular weight excluding hydrogens is 288 g/mol. The molecule has 0 aromatic heterocycles. The first-order valence-corrected chi connectivity index (χ1v) is 7.57. The second kappa shape index (κ2) is 6.84. The molecule has 23 heavy (non-hydrogen) atoms. The van der Waals surface area contributed by atoms with Crippen molar-refractivity contribution in [3.8, 4) is 16.9 Å². The summed E-state index contributed by atoms with van der Waals surface area (Å²) in [5.74, 6) is 1.07. The van der Waals surface area contributed by atoms with Crippen LogP contribution in [0, 0.1) is 0 Å². The fraction of sp³-hybridized carbons (Fsp3) is 0.316. The van der Waals surface area contributed by atoms with Crippen molar-refractivity contribution in [1.82, 2.24) is 5.48 Å². The van der Waals surface area contributed by atoms with Crippen LogP contribution in [0.3, 0.4) is 0 Å². The van der Waals surface area contributed by atoms with Gasteiger partial charge in [-0.2, -0.15) is 0 Å². The van der Waals surface area contributed by atoms with Crippen LogP contribution in [0.1, 0.15) is 31.9 Å². The summed E-state index contributed by atoms with van der Waals surface area (Å²) in [6.07, 6.45) is 0. The molecule has 0 heterocycles. The van der Waals surface area contributed by atoms with Crippen LogP contribution >= 0.6 is 0 Å². The van der Waals surface area contributed by atoms with Gasteiger partial charge >= 0.3 is 0 Å². The Balaban J connectivity index is 2.81. The van der Waals surface area contributed by atoms with E-state index in [4.69, 9.17) is 4.74 Å². The van der Waals surface area contributed by atoms with Crippen LogP contribution in [0.4, 0.5) is 0 Å². The molecule has 2 rings (SSSR count). The van der Waals surface area contributed by atoms with Crippen LogP contribution in [0.5, 0.6) is 5.75 Å². The Kier molecular flexibility index (Phi) is 5.06. The third kappa shape index (κ3) is 3.54. The van der Waals surface area contributed by atoms with Crippen molar-refractivity contribution in [2.24, 2.45) is 4.99 Å². The van der Waals surface area contributed by atoms with E-state index in [1.54, 1.807) is 14.2 Å². The van der Waals surface area contributed by atoms with Gasteiger partial charge in [-0.3, -0.25) is 15.7 Å². The third-order valence-corrected chi connectivity index (χ3v) is 3.83. The second-order valence-corrected chi connectivity index (χ2v) is 6.40. The van der Waals surface area contributed by atoms with E-state index >= 15 is 0 Å². The first-order chi connectivity index (χ1) is 10.9. The molecule has 122 valence electrons. The number of ether oxygens (including phenoxy) is 1. The van der Waals surface area contributed by atoms with Crippen molar-refractivity contribution in [3.63, 3.8) is 0 Å². The van der Waals surface area contributed by atoms with E-state index in [9.17, 15) is 5.21 Å². The summed E-state index contributed by atoms with van der Waals surface area (Å²) in [6.45, 7) is 6.47. The fourth-order valence-electron chi connectivity index (χ4n) is 2.52. The second-order valence-electron chi connectivity index (χ2n) is 6.40. The fourth-order valence-corrected chi connectivity index (χ4v) is 2.52. The highest BCUT2D eigenvalue weighted by molar-refractivity contribution is 6.02. The van der Waals surface area contributed by atoms with E-state index in [2.05, 4.69) is 37.3 Å². The first-order valence-electron chi connectivity index (χ1n) is 7.57. The Morgan fingerprint density at radius 2 is 1.78 bits per heavy atom. The molecule has 4 heteroatoms. The minimum absolute atomic E-state index is 0.0428. The van der Waals surface area contributed by atoms with Gasteiger partial charge in [-0.05, 0) is 28.7 Å². The molecule has 4 nitrogen and oxygen atoms in total. The van der Waals surface area contributed by atoms with Gasteiger partial charge in [0, 0.05) is 12.6 Å². The molecule has 2 aromatic carbocycles. The lowest BCUT2D eigenvalue weighted by Crippen LogP contribution is -2.22. The van der Waals surface area contributed by atoms with Gasteiger partial charge in [0.1, 0.15) is 5.75 Å². The zero-order valence-electron chi connectivity index (χ0n) is 14.3. The molecule has 0 spiro atoms. The maximum absolute atomic E-state index is 9.42. The van der Waals surface area contributed by atoms with Crippen molar-refractivity contribution < 1.29 is 9.94 Å². The van der Waals surface area contributed by atoms with Gasteiger partial charge in [0.15, 0.2) is 5.84 Å². The number of amidine groups is 1. The number of hydrogen-bond donors (Lipinski definition) is 2. The average molecular weight is 312 g/mol. The topological polar surface area (TPSA) is 53.9 Å². The molecule has 2 N–H and O–H groups in total. The van der Waals surface area contributed by atoms with E-state index in [0.29, 0.717) is 11.6 Å². The summed E-state index contributed by atoms with van der Waals surface area (Å²) in [7, 11) is 3.26. The Morgan fingerprint density at radius 1 is 1.13 bits per heavy atom. The van der Waals surface area contributed by atoms with Gasteiger partial charge in [-0.15, -0.1) is 0 Å². The predicted octanol–water partition coefficient (Wildman–Crippen LogP) is 4.01. The molecule has 0 atom stereocenters. The number of benzene rings is 2. The van der Waals surface area contributed by atoms with E-state index in [1.165, 1.54) is 0 Å². The molecule has 0 aliphatic rings. The van der Waals surface area contributed by atoms with Crippen LogP contribution in [-0.2, 0) is 5.41 Å². The summed E-state index contributed by atoms with van der Waals surface area (Å²) < 4.78 is 5.65. The third-order valence-electron chi connectivity index (χ3n) is 3.83. The van der Waals surface area contributed by atoms with Crippen LogP contribution in [0.2, 0.25) is 0 Å². The monoisotopic (exact) mass is 312 g/mol. The lowest BCUT2D eigenvalue weighted by molar-refractivity contribution is 0.234. The summed E-state index contributed by atoms with van der Waals surface area (Å²) >= 11 is 0. The Morgan fingerprint density at radius 3 is 2.26 bits per heavy atom. The van der Waals surface area contributed by atoms with E-state index < -0.39 is 0 Å². The normalized spacial score (nSPS) is 12.2.